The van der Waals surface area contributed by atoms with Gasteiger partial charge < -0.3 is 9.73 Å². The fraction of sp³-hybridized carbons (Fsp3) is 0.167. The molecule has 0 bridgehead atoms. The van der Waals surface area contributed by atoms with Crippen LogP contribution in [0.4, 0.5) is 0 Å². The maximum Gasteiger partial charge on any atom is 0.207 e. The lowest BCUT2D eigenvalue weighted by Crippen LogP contribution is -2.21. The summed E-state index contributed by atoms with van der Waals surface area (Å²) in [7, 11) is 0. The van der Waals surface area contributed by atoms with Crippen LogP contribution in [0.15, 0.2) is 47.2 Å². The molecule has 82 valence electrons. The van der Waals surface area contributed by atoms with Crippen LogP contribution in [-0.4, -0.2) is 17.9 Å². The number of carbonyl (C=O) groups excluding carboxylic acids is 1. The molecule has 0 saturated heterocycles. The largest absolute Gasteiger partial charge is 0.448 e. The Morgan fingerprint density at radius 2 is 2.19 bits per heavy atom. The van der Waals surface area contributed by atoms with Crippen LogP contribution in [0.3, 0.4) is 0 Å². The Kier molecular flexibility index (Phi) is 3.33. The molecule has 2 rings (SSSR count). The highest BCUT2D eigenvalue weighted by atomic mass is 16.3. The Bertz CT molecular complexity index is 426. The minimum atomic E-state index is -0.0404. The summed E-state index contributed by atoms with van der Waals surface area (Å²) in [6.07, 6.45) is 3.82. The van der Waals surface area contributed by atoms with Gasteiger partial charge in [-0.15, -0.1) is 0 Å². The molecule has 0 saturated carbocycles. The van der Waals surface area contributed by atoms with Crippen molar-refractivity contribution in [3.8, 4) is 0 Å². The van der Waals surface area contributed by atoms with E-state index in [0.29, 0.717) is 18.8 Å². The van der Waals surface area contributed by atoms with Crippen LogP contribution >= 0.6 is 0 Å². The third-order valence-electron chi connectivity index (χ3n) is 2.36. The fourth-order valence-corrected chi connectivity index (χ4v) is 1.61. The van der Waals surface area contributed by atoms with E-state index in [1.807, 2.05) is 30.3 Å². The summed E-state index contributed by atoms with van der Waals surface area (Å²) in [4.78, 5) is 14.5. The van der Waals surface area contributed by atoms with E-state index in [1.54, 1.807) is 6.20 Å². The highest BCUT2D eigenvalue weighted by molar-refractivity contribution is 5.46. The van der Waals surface area contributed by atoms with Crippen molar-refractivity contribution < 1.29 is 9.21 Å². The minimum Gasteiger partial charge on any atom is -0.448 e. The topological polar surface area (TPSA) is 55.1 Å². The molecule has 4 heteroatoms. The van der Waals surface area contributed by atoms with E-state index >= 15 is 0 Å². The Balaban J connectivity index is 2.25. The van der Waals surface area contributed by atoms with Gasteiger partial charge in [0.05, 0.1) is 12.1 Å². The Morgan fingerprint density at radius 1 is 1.38 bits per heavy atom. The smallest absolute Gasteiger partial charge is 0.207 e. The van der Waals surface area contributed by atoms with Crippen LogP contribution < -0.4 is 5.32 Å². The summed E-state index contributed by atoms with van der Waals surface area (Å²) < 4.78 is 5.28. The summed E-state index contributed by atoms with van der Waals surface area (Å²) in [5, 5.41) is 2.65. The molecular formula is C12H12N2O2. The molecule has 1 atom stereocenters. The average molecular weight is 216 g/mol. The molecule has 0 spiro atoms. The lowest BCUT2D eigenvalue weighted by atomic mass is 9.99. The summed E-state index contributed by atoms with van der Waals surface area (Å²) in [5.41, 5.74) is 1.07. The van der Waals surface area contributed by atoms with Crippen LogP contribution in [0.5, 0.6) is 0 Å². The zero-order valence-corrected chi connectivity index (χ0v) is 8.67. The van der Waals surface area contributed by atoms with Crippen LogP contribution in [0.2, 0.25) is 0 Å². The van der Waals surface area contributed by atoms with Gasteiger partial charge in [0.1, 0.15) is 6.26 Å². The average Bonchev–Trinajstić information content (AvgIpc) is 2.85. The SMILES string of the molecule is O=CNCC(c1ccccc1)c1ncco1. The number of carbonyl (C=O) groups is 1. The minimum absolute atomic E-state index is 0.0404. The summed E-state index contributed by atoms with van der Waals surface area (Å²) in [6.45, 7) is 0.480. The summed E-state index contributed by atoms with van der Waals surface area (Å²) in [6, 6.07) is 9.82. The molecule has 0 fully saturated rings. The number of amides is 1. The molecule has 1 unspecified atom stereocenters. The highest BCUT2D eigenvalue weighted by Crippen LogP contribution is 2.21. The predicted octanol–water partition coefficient (Wildman–Crippen LogP) is 1.55. The van der Waals surface area contributed by atoms with Gasteiger partial charge in [-0.25, -0.2) is 4.98 Å². The monoisotopic (exact) mass is 216 g/mol. The first kappa shape index (κ1) is 10.4. The van der Waals surface area contributed by atoms with Gasteiger partial charge in [0, 0.05) is 6.54 Å². The van der Waals surface area contributed by atoms with Crippen molar-refractivity contribution in [2.75, 3.05) is 6.54 Å². The van der Waals surface area contributed by atoms with Crippen molar-refractivity contribution in [1.82, 2.24) is 10.3 Å². The van der Waals surface area contributed by atoms with Crippen LogP contribution in [0.1, 0.15) is 17.4 Å². The second kappa shape index (κ2) is 5.11. The number of hydrogen-bond acceptors (Lipinski definition) is 3. The molecule has 4 nitrogen and oxygen atoms in total. The van der Waals surface area contributed by atoms with E-state index in [1.165, 1.54) is 6.26 Å². The van der Waals surface area contributed by atoms with Crippen molar-refractivity contribution in [2.45, 2.75) is 5.92 Å². The first-order chi connectivity index (χ1) is 7.92. The van der Waals surface area contributed by atoms with Crippen molar-refractivity contribution in [3.05, 3.63) is 54.2 Å². The lowest BCUT2D eigenvalue weighted by molar-refractivity contribution is -0.109. The molecule has 2 aromatic rings. The number of nitrogens with zero attached hydrogens (tertiary/aromatic N) is 1. The second-order valence-corrected chi connectivity index (χ2v) is 3.36. The zero-order chi connectivity index (χ0) is 11.2. The molecule has 1 N–H and O–H groups in total. The van der Waals surface area contributed by atoms with Gasteiger partial charge in [0.2, 0.25) is 12.3 Å². The first-order valence-corrected chi connectivity index (χ1v) is 5.03. The summed E-state index contributed by atoms with van der Waals surface area (Å²) >= 11 is 0. The standard InChI is InChI=1S/C12H12N2O2/c15-9-13-8-11(12-14-6-7-16-12)10-4-2-1-3-5-10/h1-7,9,11H,8H2,(H,13,15). The molecule has 0 aliphatic carbocycles. The van der Waals surface area contributed by atoms with Crippen molar-refractivity contribution >= 4 is 6.41 Å². The first-order valence-electron chi connectivity index (χ1n) is 5.03. The van der Waals surface area contributed by atoms with E-state index in [4.69, 9.17) is 4.42 Å². The number of hydrogen-bond donors (Lipinski definition) is 1. The van der Waals surface area contributed by atoms with Crippen molar-refractivity contribution in [3.63, 3.8) is 0 Å². The second-order valence-electron chi connectivity index (χ2n) is 3.36. The van der Waals surface area contributed by atoms with Gasteiger partial charge in [0.25, 0.3) is 0 Å². The molecule has 1 heterocycles. The number of rotatable bonds is 5. The van der Waals surface area contributed by atoms with E-state index < -0.39 is 0 Å². The third-order valence-corrected chi connectivity index (χ3v) is 2.36. The Hall–Kier alpha value is -2.10. The third kappa shape index (κ3) is 2.28. The van der Waals surface area contributed by atoms with Gasteiger partial charge in [-0.2, -0.15) is 0 Å². The molecule has 0 radical (unpaired) electrons. The molecule has 1 amide bonds. The molecule has 0 aliphatic rings. The summed E-state index contributed by atoms with van der Waals surface area (Å²) in [5.74, 6) is 0.571. The molecule has 0 aliphatic heterocycles. The number of nitrogens with one attached hydrogen (secondary N) is 1. The van der Waals surface area contributed by atoms with Gasteiger partial charge in [-0.1, -0.05) is 30.3 Å². The van der Waals surface area contributed by atoms with Crippen molar-refractivity contribution in [2.24, 2.45) is 0 Å². The normalized spacial score (nSPS) is 12.0. The van der Waals surface area contributed by atoms with E-state index in [0.717, 1.165) is 5.56 Å². The van der Waals surface area contributed by atoms with Gasteiger partial charge in [0.15, 0.2) is 0 Å². The lowest BCUT2D eigenvalue weighted by Gasteiger charge is -2.12. The van der Waals surface area contributed by atoms with E-state index in [9.17, 15) is 4.79 Å². The predicted molar refractivity (Wildman–Crippen MR) is 58.9 cm³/mol. The van der Waals surface area contributed by atoms with E-state index in [2.05, 4.69) is 10.3 Å². The molecular weight excluding hydrogens is 204 g/mol. The quantitative estimate of drug-likeness (QED) is 0.771. The number of aromatic nitrogens is 1. The fourth-order valence-electron chi connectivity index (χ4n) is 1.61. The number of oxazole rings is 1. The van der Waals surface area contributed by atoms with E-state index in [-0.39, 0.29) is 5.92 Å². The highest BCUT2D eigenvalue weighted by Gasteiger charge is 2.17. The maximum absolute atomic E-state index is 10.3. The number of benzene rings is 1. The van der Waals surface area contributed by atoms with Crippen LogP contribution in [-0.2, 0) is 4.79 Å². The van der Waals surface area contributed by atoms with Gasteiger partial charge >= 0.3 is 0 Å². The van der Waals surface area contributed by atoms with Crippen molar-refractivity contribution in [1.29, 1.82) is 0 Å². The van der Waals surface area contributed by atoms with Crippen LogP contribution in [0.25, 0.3) is 0 Å². The van der Waals surface area contributed by atoms with Gasteiger partial charge in [-0.3, -0.25) is 4.79 Å². The zero-order valence-electron chi connectivity index (χ0n) is 8.67. The van der Waals surface area contributed by atoms with Gasteiger partial charge in [-0.05, 0) is 5.56 Å². The maximum atomic E-state index is 10.3. The molecule has 16 heavy (non-hydrogen) atoms. The molecule has 1 aromatic heterocycles. The Morgan fingerprint density at radius 3 is 2.81 bits per heavy atom. The van der Waals surface area contributed by atoms with Crippen LogP contribution in [0, 0.1) is 0 Å². The Labute approximate surface area is 93.3 Å². The molecule has 1 aromatic carbocycles.